The van der Waals surface area contributed by atoms with Crippen LogP contribution in [0.15, 0.2) is 42.5 Å². The second kappa shape index (κ2) is 6.85. The Kier molecular flexibility index (Phi) is 4.88. The Labute approximate surface area is 129 Å². The average molecular weight is 302 g/mol. The summed E-state index contributed by atoms with van der Waals surface area (Å²) in [4.78, 5) is 11.7. The third kappa shape index (κ3) is 2.98. The lowest BCUT2D eigenvalue weighted by atomic mass is 9.91. The van der Waals surface area contributed by atoms with E-state index in [-0.39, 0.29) is 0 Å². The van der Waals surface area contributed by atoms with E-state index >= 15 is 0 Å². The normalized spacial score (nSPS) is 11.6. The highest BCUT2D eigenvalue weighted by molar-refractivity contribution is 5.81. The lowest BCUT2D eigenvalue weighted by Crippen LogP contribution is -2.13. The SMILES string of the molecule is COc1cc(C(C(=O)O)c2ccccc2)cc(OC)c1OC. The van der Waals surface area contributed by atoms with Crippen LogP contribution < -0.4 is 14.2 Å². The van der Waals surface area contributed by atoms with Crippen molar-refractivity contribution in [1.82, 2.24) is 0 Å². The summed E-state index contributed by atoms with van der Waals surface area (Å²) in [5, 5.41) is 9.62. The predicted molar refractivity (Wildman–Crippen MR) is 82.0 cm³/mol. The van der Waals surface area contributed by atoms with Crippen LogP contribution in [0, 0.1) is 0 Å². The molecular formula is C17H18O5. The summed E-state index contributed by atoms with van der Waals surface area (Å²) in [6.07, 6.45) is 0. The van der Waals surface area contributed by atoms with Crippen LogP contribution >= 0.6 is 0 Å². The van der Waals surface area contributed by atoms with Gasteiger partial charge in [-0.15, -0.1) is 0 Å². The van der Waals surface area contributed by atoms with Crippen molar-refractivity contribution < 1.29 is 24.1 Å². The lowest BCUT2D eigenvalue weighted by molar-refractivity contribution is -0.137. The number of ether oxygens (including phenoxy) is 3. The first-order valence-electron chi connectivity index (χ1n) is 6.70. The zero-order valence-corrected chi connectivity index (χ0v) is 12.7. The van der Waals surface area contributed by atoms with Crippen LogP contribution in [0.25, 0.3) is 0 Å². The summed E-state index contributed by atoms with van der Waals surface area (Å²) in [5.74, 6) is -0.459. The van der Waals surface area contributed by atoms with Gasteiger partial charge in [-0.1, -0.05) is 30.3 Å². The van der Waals surface area contributed by atoms with E-state index in [0.717, 1.165) is 0 Å². The molecule has 0 aliphatic heterocycles. The number of carbonyl (C=O) groups is 1. The number of carboxylic acids is 1. The fraction of sp³-hybridized carbons (Fsp3) is 0.235. The van der Waals surface area contributed by atoms with E-state index in [0.29, 0.717) is 28.4 Å². The van der Waals surface area contributed by atoms with Crippen molar-refractivity contribution in [1.29, 1.82) is 0 Å². The maximum absolute atomic E-state index is 11.7. The molecule has 2 aromatic rings. The van der Waals surface area contributed by atoms with Gasteiger partial charge >= 0.3 is 5.97 Å². The Morgan fingerprint density at radius 2 is 1.45 bits per heavy atom. The molecule has 0 aromatic heterocycles. The Morgan fingerprint density at radius 3 is 1.86 bits per heavy atom. The van der Waals surface area contributed by atoms with Gasteiger partial charge in [-0.3, -0.25) is 4.79 Å². The number of methoxy groups -OCH3 is 3. The number of hydrogen-bond donors (Lipinski definition) is 1. The summed E-state index contributed by atoms with van der Waals surface area (Å²) in [7, 11) is 4.50. The van der Waals surface area contributed by atoms with Crippen LogP contribution in [-0.2, 0) is 4.79 Å². The van der Waals surface area contributed by atoms with Crippen molar-refractivity contribution in [2.24, 2.45) is 0 Å². The van der Waals surface area contributed by atoms with Crippen LogP contribution in [0.5, 0.6) is 17.2 Å². The molecule has 0 radical (unpaired) electrons. The van der Waals surface area contributed by atoms with E-state index in [1.165, 1.54) is 21.3 Å². The fourth-order valence-corrected chi connectivity index (χ4v) is 2.39. The standard InChI is InChI=1S/C17H18O5/c1-20-13-9-12(10-14(21-2)16(13)22-3)15(17(18)19)11-7-5-4-6-8-11/h4-10,15H,1-3H3,(H,18,19). The van der Waals surface area contributed by atoms with Crippen molar-refractivity contribution in [3.05, 3.63) is 53.6 Å². The third-order valence-corrected chi connectivity index (χ3v) is 3.40. The molecule has 0 aliphatic rings. The van der Waals surface area contributed by atoms with Crippen LogP contribution in [0.1, 0.15) is 17.0 Å². The molecule has 0 saturated heterocycles. The summed E-state index contributed by atoms with van der Waals surface area (Å²) in [6, 6.07) is 12.3. The average Bonchev–Trinajstić information content (AvgIpc) is 2.54. The molecule has 0 heterocycles. The zero-order chi connectivity index (χ0) is 16.1. The second-order valence-corrected chi connectivity index (χ2v) is 4.64. The molecule has 2 rings (SSSR count). The Morgan fingerprint density at radius 1 is 0.909 bits per heavy atom. The van der Waals surface area contributed by atoms with Crippen LogP contribution in [0.3, 0.4) is 0 Å². The fourth-order valence-electron chi connectivity index (χ4n) is 2.39. The molecule has 0 spiro atoms. The van der Waals surface area contributed by atoms with E-state index in [2.05, 4.69) is 0 Å². The van der Waals surface area contributed by atoms with Gasteiger partial charge in [-0.05, 0) is 23.3 Å². The molecular weight excluding hydrogens is 284 g/mol. The number of carboxylic acid groups (broad SMARTS) is 1. The van der Waals surface area contributed by atoms with E-state index < -0.39 is 11.9 Å². The molecule has 22 heavy (non-hydrogen) atoms. The van der Waals surface area contributed by atoms with Crippen molar-refractivity contribution in [3.8, 4) is 17.2 Å². The predicted octanol–water partition coefficient (Wildman–Crippen LogP) is 2.93. The van der Waals surface area contributed by atoms with Gasteiger partial charge in [-0.25, -0.2) is 0 Å². The minimum atomic E-state index is -0.944. The van der Waals surface area contributed by atoms with Gasteiger partial charge in [0.1, 0.15) is 5.92 Å². The largest absolute Gasteiger partial charge is 0.493 e. The summed E-state index contributed by atoms with van der Waals surface area (Å²) >= 11 is 0. The van der Waals surface area contributed by atoms with E-state index in [1.807, 2.05) is 18.2 Å². The molecule has 1 unspecified atom stereocenters. The quantitative estimate of drug-likeness (QED) is 0.888. The van der Waals surface area contributed by atoms with Crippen molar-refractivity contribution in [2.45, 2.75) is 5.92 Å². The van der Waals surface area contributed by atoms with E-state index in [4.69, 9.17) is 14.2 Å². The minimum absolute atomic E-state index is 0.430. The van der Waals surface area contributed by atoms with Crippen LogP contribution in [0.4, 0.5) is 0 Å². The van der Waals surface area contributed by atoms with E-state index in [1.54, 1.807) is 24.3 Å². The summed E-state index contributed by atoms with van der Waals surface area (Å²) in [6.45, 7) is 0. The summed E-state index contributed by atoms with van der Waals surface area (Å²) < 4.78 is 15.8. The Hall–Kier alpha value is -2.69. The molecule has 0 amide bonds. The molecule has 1 N–H and O–H groups in total. The molecule has 0 aliphatic carbocycles. The van der Waals surface area contributed by atoms with Crippen molar-refractivity contribution >= 4 is 5.97 Å². The van der Waals surface area contributed by atoms with Crippen molar-refractivity contribution in [3.63, 3.8) is 0 Å². The molecule has 116 valence electrons. The highest BCUT2D eigenvalue weighted by atomic mass is 16.5. The second-order valence-electron chi connectivity index (χ2n) is 4.64. The molecule has 5 nitrogen and oxygen atoms in total. The van der Waals surface area contributed by atoms with Crippen LogP contribution in [-0.4, -0.2) is 32.4 Å². The maximum Gasteiger partial charge on any atom is 0.315 e. The van der Waals surface area contributed by atoms with Gasteiger partial charge in [0.15, 0.2) is 11.5 Å². The van der Waals surface area contributed by atoms with Gasteiger partial charge in [0.25, 0.3) is 0 Å². The first kappa shape index (κ1) is 15.7. The molecule has 0 fully saturated rings. The molecule has 0 bridgehead atoms. The van der Waals surface area contributed by atoms with Crippen molar-refractivity contribution in [2.75, 3.05) is 21.3 Å². The molecule has 5 heteroatoms. The Balaban J connectivity index is 2.60. The van der Waals surface area contributed by atoms with Gasteiger partial charge in [-0.2, -0.15) is 0 Å². The third-order valence-electron chi connectivity index (χ3n) is 3.40. The minimum Gasteiger partial charge on any atom is -0.493 e. The molecule has 2 aromatic carbocycles. The maximum atomic E-state index is 11.7. The van der Waals surface area contributed by atoms with Gasteiger partial charge < -0.3 is 19.3 Å². The Bertz CT molecular complexity index is 626. The molecule has 1 atom stereocenters. The smallest absolute Gasteiger partial charge is 0.315 e. The van der Waals surface area contributed by atoms with E-state index in [9.17, 15) is 9.90 Å². The zero-order valence-electron chi connectivity index (χ0n) is 12.7. The highest BCUT2D eigenvalue weighted by Crippen LogP contribution is 2.41. The van der Waals surface area contributed by atoms with Gasteiger partial charge in [0.2, 0.25) is 5.75 Å². The number of aliphatic carboxylic acids is 1. The number of benzene rings is 2. The molecule has 0 saturated carbocycles. The number of rotatable bonds is 6. The monoisotopic (exact) mass is 302 g/mol. The summed E-state index contributed by atoms with van der Waals surface area (Å²) in [5.41, 5.74) is 1.25. The highest BCUT2D eigenvalue weighted by Gasteiger charge is 2.25. The van der Waals surface area contributed by atoms with Gasteiger partial charge in [0.05, 0.1) is 21.3 Å². The van der Waals surface area contributed by atoms with Crippen LogP contribution in [0.2, 0.25) is 0 Å². The first-order valence-corrected chi connectivity index (χ1v) is 6.70. The number of hydrogen-bond acceptors (Lipinski definition) is 4. The lowest BCUT2D eigenvalue weighted by Gasteiger charge is -2.18. The van der Waals surface area contributed by atoms with Gasteiger partial charge in [0, 0.05) is 0 Å². The topological polar surface area (TPSA) is 65.0 Å². The first-order chi connectivity index (χ1) is 10.6.